The van der Waals surface area contributed by atoms with Gasteiger partial charge < -0.3 is 5.11 Å². The molecule has 0 aromatic carbocycles. The molecule has 1 saturated carbocycles. The molecule has 3 nitrogen and oxygen atoms in total. The fourth-order valence-electron chi connectivity index (χ4n) is 2.40. The van der Waals surface area contributed by atoms with E-state index in [2.05, 4.69) is 30.4 Å². The lowest BCUT2D eigenvalue weighted by Gasteiger charge is -2.21. The highest BCUT2D eigenvalue weighted by atomic mass is 32.1. The van der Waals surface area contributed by atoms with Crippen LogP contribution in [0.15, 0.2) is 0 Å². The Hall–Kier alpha value is -0.480. The van der Waals surface area contributed by atoms with Crippen LogP contribution in [0, 0.1) is 5.92 Å². The number of aliphatic hydroxyl groups excluding tert-OH is 1. The van der Waals surface area contributed by atoms with Crippen molar-refractivity contribution in [2.24, 2.45) is 5.92 Å². The molecule has 1 aromatic rings. The van der Waals surface area contributed by atoms with Crippen molar-refractivity contribution in [3.63, 3.8) is 0 Å². The van der Waals surface area contributed by atoms with Gasteiger partial charge in [0.15, 0.2) is 0 Å². The summed E-state index contributed by atoms with van der Waals surface area (Å²) < 4.78 is 4.01. The minimum atomic E-state index is -0.350. The Bertz CT molecular complexity index is 350. The Morgan fingerprint density at radius 2 is 1.94 bits per heavy atom. The lowest BCUT2D eigenvalue weighted by atomic mass is 9.88. The third-order valence-corrected chi connectivity index (χ3v) is 4.13. The predicted molar refractivity (Wildman–Crippen MR) is 65.5 cm³/mol. The van der Waals surface area contributed by atoms with E-state index in [-0.39, 0.29) is 11.5 Å². The molecule has 2 rings (SSSR count). The number of aromatic nitrogens is 2. The van der Waals surface area contributed by atoms with E-state index >= 15 is 0 Å². The second kappa shape index (κ2) is 4.41. The number of nitrogens with zero attached hydrogens (tertiary/aromatic N) is 2. The van der Waals surface area contributed by atoms with Gasteiger partial charge in [-0.15, -0.1) is 5.10 Å². The van der Waals surface area contributed by atoms with E-state index < -0.39 is 0 Å². The lowest BCUT2D eigenvalue weighted by Crippen LogP contribution is -2.18. The first kappa shape index (κ1) is 12.0. The fourth-order valence-corrected chi connectivity index (χ4v) is 3.34. The summed E-state index contributed by atoms with van der Waals surface area (Å²) in [4.78, 5) is 0.986. The molecule has 1 N–H and O–H groups in total. The van der Waals surface area contributed by atoms with Gasteiger partial charge in [-0.1, -0.05) is 38.1 Å². The van der Waals surface area contributed by atoms with Gasteiger partial charge in [-0.05, 0) is 30.3 Å². The van der Waals surface area contributed by atoms with Gasteiger partial charge in [-0.2, -0.15) is 0 Å². The normalized spacial score (nSPS) is 20.2. The molecule has 1 aliphatic carbocycles. The molecule has 4 heteroatoms. The van der Waals surface area contributed by atoms with Gasteiger partial charge in [0, 0.05) is 5.41 Å². The average molecular weight is 240 g/mol. The molecule has 1 atom stereocenters. The van der Waals surface area contributed by atoms with Crippen molar-refractivity contribution >= 4 is 11.5 Å². The van der Waals surface area contributed by atoms with Gasteiger partial charge in [-0.3, -0.25) is 0 Å². The maximum Gasteiger partial charge on any atom is 0.0945 e. The average Bonchev–Trinajstić information content (AvgIpc) is 2.87. The van der Waals surface area contributed by atoms with E-state index in [1.807, 2.05) is 0 Å². The highest BCUT2D eigenvalue weighted by molar-refractivity contribution is 7.05. The zero-order chi connectivity index (χ0) is 11.8. The summed E-state index contributed by atoms with van der Waals surface area (Å²) in [6.07, 6.45) is 4.43. The zero-order valence-corrected chi connectivity index (χ0v) is 11.0. The van der Waals surface area contributed by atoms with Crippen LogP contribution in [0.25, 0.3) is 0 Å². The number of hydrogen-bond donors (Lipinski definition) is 1. The zero-order valence-electron chi connectivity index (χ0n) is 10.2. The molecular formula is C12H20N2OS. The summed E-state index contributed by atoms with van der Waals surface area (Å²) >= 11 is 1.36. The van der Waals surface area contributed by atoms with Crippen molar-refractivity contribution in [2.75, 3.05) is 0 Å². The Morgan fingerprint density at radius 3 is 2.50 bits per heavy atom. The fraction of sp³-hybridized carbons (Fsp3) is 0.833. The van der Waals surface area contributed by atoms with Crippen molar-refractivity contribution < 1.29 is 5.11 Å². The predicted octanol–water partition coefficient (Wildman–Crippen LogP) is 3.06. The molecule has 0 bridgehead atoms. The molecule has 0 aliphatic heterocycles. The van der Waals surface area contributed by atoms with E-state index in [0.29, 0.717) is 5.92 Å². The van der Waals surface area contributed by atoms with E-state index in [1.165, 1.54) is 24.4 Å². The quantitative estimate of drug-likeness (QED) is 0.864. The van der Waals surface area contributed by atoms with Crippen LogP contribution >= 0.6 is 11.5 Å². The first-order valence-electron chi connectivity index (χ1n) is 6.01. The molecule has 1 aliphatic rings. The molecule has 90 valence electrons. The Kier molecular flexibility index (Phi) is 3.31. The molecule has 16 heavy (non-hydrogen) atoms. The SMILES string of the molecule is CC(C)(C)c1nnsc1C(O)C1CCCC1. The number of hydrogen-bond acceptors (Lipinski definition) is 4. The Morgan fingerprint density at radius 1 is 1.31 bits per heavy atom. The maximum atomic E-state index is 10.4. The molecule has 0 radical (unpaired) electrons. The maximum absolute atomic E-state index is 10.4. The van der Waals surface area contributed by atoms with Crippen molar-refractivity contribution in [3.05, 3.63) is 10.6 Å². The van der Waals surface area contributed by atoms with Crippen LogP contribution in [-0.4, -0.2) is 14.7 Å². The third kappa shape index (κ3) is 2.28. The van der Waals surface area contributed by atoms with Gasteiger partial charge >= 0.3 is 0 Å². The summed E-state index contributed by atoms with van der Waals surface area (Å²) in [6.45, 7) is 6.36. The molecule has 1 fully saturated rings. The summed E-state index contributed by atoms with van der Waals surface area (Å²) in [6, 6.07) is 0. The minimum Gasteiger partial charge on any atom is -0.387 e. The van der Waals surface area contributed by atoms with Crippen molar-refractivity contribution in [1.82, 2.24) is 9.59 Å². The summed E-state index contributed by atoms with van der Waals surface area (Å²) in [5.41, 5.74) is 0.943. The van der Waals surface area contributed by atoms with Crippen LogP contribution in [0.2, 0.25) is 0 Å². The third-order valence-electron chi connectivity index (χ3n) is 3.34. The lowest BCUT2D eigenvalue weighted by molar-refractivity contribution is 0.113. The van der Waals surface area contributed by atoms with Crippen LogP contribution in [0.4, 0.5) is 0 Å². The second-order valence-corrected chi connectivity index (χ2v) is 6.51. The Balaban J connectivity index is 2.23. The largest absolute Gasteiger partial charge is 0.387 e. The topological polar surface area (TPSA) is 46.0 Å². The van der Waals surface area contributed by atoms with Crippen LogP contribution in [0.1, 0.15) is 63.1 Å². The van der Waals surface area contributed by atoms with Crippen LogP contribution in [0.3, 0.4) is 0 Å². The molecule has 1 unspecified atom stereocenters. The molecule has 0 saturated heterocycles. The van der Waals surface area contributed by atoms with Gasteiger partial charge in [0.05, 0.1) is 16.7 Å². The van der Waals surface area contributed by atoms with Gasteiger partial charge in [0.2, 0.25) is 0 Å². The van der Waals surface area contributed by atoms with Gasteiger partial charge in [-0.25, -0.2) is 0 Å². The van der Waals surface area contributed by atoms with Gasteiger partial charge in [0.25, 0.3) is 0 Å². The summed E-state index contributed by atoms with van der Waals surface area (Å²) in [7, 11) is 0. The standard InChI is InChI=1S/C12H20N2OS/c1-12(2,3)11-10(16-14-13-11)9(15)8-6-4-5-7-8/h8-9,15H,4-7H2,1-3H3. The van der Waals surface area contributed by atoms with Crippen LogP contribution in [-0.2, 0) is 5.41 Å². The van der Waals surface area contributed by atoms with Crippen LogP contribution in [0.5, 0.6) is 0 Å². The minimum absolute atomic E-state index is 0.0259. The molecule has 1 aromatic heterocycles. The van der Waals surface area contributed by atoms with E-state index in [0.717, 1.165) is 23.4 Å². The monoisotopic (exact) mass is 240 g/mol. The summed E-state index contributed by atoms with van der Waals surface area (Å²) in [5, 5.41) is 14.6. The number of aliphatic hydroxyl groups is 1. The molecule has 0 amide bonds. The van der Waals surface area contributed by atoms with Crippen molar-refractivity contribution in [1.29, 1.82) is 0 Å². The highest BCUT2D eigenvalue weighted by Crippen LogP contribution is 2.40. The van der Waals surface area contributed by atoms with E-state index in [9.17, 15) is 5.11 Å². The first-order valence-corrected chi connectivity index (χ1v) is 6.78. The van der Waals surface area contributed by atoms with Crippen LogP contribution < -0.4 is 0 Å². The van der Waals surface area contributed by atoms with Crippen molar-refractivity contribution in [2.45, 2.75) is 58.0 Å². The number of rotatable bonds is 2. The molecule has 0 spiro atoms. The second-order valence-electron chi connectivity index (χ2n) is 5.73. The molecule has 1 heterocycles. The van der Waals surface area contributed by atoms with E-state index in [1.54, 1.807) is 0 Å². The smallest absolute Gasteiger partial charge is 0.0945 e. The Labute approximate surface area is 101 Å². The highest BCUT2D eigenvalue weighted by Gasteiger charge is 2.31. The first-order chi connectivity index (χ1) is 7.50. The van der Waals surface area contributed by atoms with E-state index in [4.69, 9.17) is 0 Å². The van der Waals surface area contributed by atoms with Crippen molar-refractivity contribution in [3.8, 4) is 0 Å². The molecular weight excluding hydrogens is 220 g/mol. The summed E-state index contributed by atoms with van der Waals surface area (Å²) in [5.74, 6) is 0.420. The van der Waals surface area contributed by atoms with Gasteiger partial charge in [0.1, 0.15) is 0 Å².